The van der Waals surface area contributed by atoms with Gasteiger partial charge in [0.1, 0.15) is 48.3 Å². The van der Waals surface area contributed by atoms with E-state index in [9.17, 15) is 19.7 Å². The number of fused-ring (bicyclic) bond motifs is 1. The van der Waals surface area contributed by atoms with Crippen LogP contribution in [0.3, 0.4) is 0 Å². The average molecular weight is 550 g/mol. The van der Waals surface area contributed by atoms with Crippen molar-refractivity contribution in [1.82, 2.24) is 9.97 Å². The predicted octanol–water partition coefficient (Wildman–Crippen LogP) is 4.17. The van der Waals surface area contributed by atoms with Gasteiger partial charge in [0.05, 0.1) is 25.3 Å². The van der Waals surface area contributed by atoms with Crippen molar-refractivity contribution >= 4 is 16.9 Å². The number of hydrogen-bond acceptors (Lipinski definition) is 10. The van der Waals surface area contributed by atoms with E-state index in [0.717, 1.165) is 11.1 Å². The largest absolute Gasteiger partial charge is 0.497 e. The van der Waals surface area contributed by atoms with E-state index in [1.807, 2.05) is 26.0 Å². The molecule has 0 amide bonds. The van der Waals surface area contributed by atoms with Crippen molar-refractivity contribution in [2.75, 3.05) is 27.4 Å². The second-order valence-corrected chi connectivity index (χ2v) is 8.76. The highest BCUT2D eigenvalue weighted by molar-refractivity contribution is 5.89. The standard InChI is InChI=1S/C28H27N3O9/c1-16-10-20(26-29-22-13-21(36-3)14-23(37-4)24(22)27(32)30-26)11-17(2)25(16)38-8-9-39-28(33)19-7-5-6-18(12-19)15-40-31(34)35/h5-7,10-14H,8-9,15H2,1-4H3,(H,29,30,32). The van der Waals surface area contributed by atoms with Gasteiger partial charge in [-0.3, -0.25) is 4.79 Å². The van der Waals surface area contributed by atoms with Gasteiger partial charge in [-0.2, -0.15) is 0 Å². The molecule has 0 aliphatic rings. The van der Waals surface area contributed by atoms with E-state index in [1.165, 1.54) is 20.3 Å². The summed E-state index contributed by atoms with van der Waals surface area (Å²) in [5.41, 5.74) is 3.09. The molecular weight excluding hydrogens is 522 g/mol. The van der Waals surface area contributed by atoms with Crippen LogP contribution in [0.4, 0.5) is 0 Å². The summed E-state index contributed by atoms with van der Waals surface area (Å²) in [5.74, 6) is 1.29. The Kier molecular flexibility index (Phi) is 8.48. The summed E-state index contributed by atoms with van der Waals surface area (Å²) < 4.78 is 21.8. The third-order valence-electron chi connectivity index (χ3n) is 6.00. The van der Waals surface area contributed by atoms with Crippen molar-refractivity contribution in [3.05, 3.63) is 91.3 Å². The fourth-order valence-corrected chi connectivity index (χ4v) is 4.22. The molecule has 0 saturated carbocycles. The van der Waals surface area contributed by atoms with Crippen LogP contribution in [-0.4, -0.2) is 48.5 Å². The lowest BCUT2D eigenvalue weighted by atomic mass is 10.0. The second kappa shape index (κ2) is 12.2. The van der Waals surface area contributed by atoms with Gasteiger partial charge >= 0.3 is 5.97 Å². The smallest absolute Gasteiger partial charge is 0.338 e. The number of benzene rings is 3. The maximum absolute atomic E-state index is 12.9. The molecule has 0 atom stereocenters. The van der Waals surface area contributed by atoms with E-state index in [0.29, 0.717) is 45.1 Å². The first-order chi connectivity index (χ1) is 19.2. The molecule has 4 rings (SSSR count). The maximum Gasteiger partial charge on any atom is 0.338 e. The van der Waals surface area contributed by atoms with Crippen LogP contribution in [0.15, 0.2) is 53.3 Å². The molecule has 0 saturated heterocycles. The molecule has 0 spiro atoms. The number of aryl methyl sites for hydroxylation is 2. The van der Waals surface area contributed by atoms with Gasteiger partial charge < -0.3 is 28.8 Å². The zero-order valence-electron chi connectivity index (χ0n) is 22.3. The Morgan fingerprint density at radius 3 is 2.45 bits per heavy atom. The highest BCUT2D eigenvalue weighted by atomic mass is 16.9. The van der Waals surface area contributed by atoms with Gasteiger partial charge in [0.2, 0.25) is 0 Å². The lowest BCUT2D eigenvalue weighted by Crippen LogP contribution is -2.14. The lowest BCUT2D eigenvalue weighted by molar-refractivity contribution is -0.763. The van der Waals surface area contributed by atoms with Gasteiger partial charge in [-0.15, -0.1) is 10.1 Å². The van der Waals surface area contributed by atoms with Crippen molar-refractivity contribution in [1.29, 1.82) is 0 Å². The second-order valence-electron chi connectivity index (χ2n) is 8.76. The number of nitrogens with zero attached hydrogens (tertiary/aromatic N) is 2. The molecule has 0 bridgehead atoms. The third kappa shape index (κ3) is 6.29. The number of esters is 1. The predicted molar refractivity (Wildman–Crippen MR) is 144 cm³/mol. The first-order valence-electron chi connectivity index (χ1n) is 12.1. The fourth-order valence-electron chi connectivity index (χ4n) is 4.22. The molecule has 0 aliphatic heterocycles. The van der Waals surface area contributed by atoms with E-state index in [-0.39, 0.29) is 30.9 Å². The van der Waals surface area contributed by atoms with Crippen molar-refractivity contribution in [2.45, 2.75) is 20.5 Å². The molecule has 12 nitrogen and oxygen atoms in total. The van der Waals surface area contributed by atoms with Crippen molar-refractivity contribution < 1.29 is 33.7 Å². The minimum Gasteiger partial charge on any atom is -0.497 e. The Balaban J connectivity index is 1.44. The number of nitrogens with one attached hydrogen (secondary N) is 1. The van der Waals surface area contributed by atoms with E-state index in [4.69, 9.17) is 18.9 Å². The summed E-state index contributed by atoms with van der Waals surface area (Å²) in [4.78, 5) is 47.4. The number of ether oxygens (including phenoxy) is 4. The topological polar surface area (TPSA) is 152 Å². The van der Waals surface area contributed by atoms with Crippen LogP contribution in [0.25, 0.3) is 22.3 Å². The van der Waals surface area contributed by atoms with Gasteiger partial charge in [-0.05, 0) is 54.8 Å². The first kappa shape index (κ1) is 27.9. The van der Waals surface area contributed by atoms with Gasteiger partial charge in [0.15, 0.2) is 0 Å². The molecule has 3 aromatic carbocycles. The van der Waals surface area contributed by atoms with E-state index in [2.05, 4.69) is 14.8 Å². The lowest BCUT2D eigenvalue weighted by Gasteiger charge is -2.15. The Bertz CT molecular complexity index is 1610. The molecule has 40 heavy (non-hydrogen) atoms. The van der Waals surface area contributed by atoms with Crippen LogP contribution in [0.5, 0.6) is 17.2 Å². The summed E-state index contributed by atoms with van der Waals surface area (Å²) in [6.07, 6.45) is 0. The Labute approximate surface area is 228 Å². The van der Waals surface area contributed by atoms with Crippen LogP contribution in [0, 0.1) is 24.0 Å². The number of aromatic amines is 1. The Morgan fingerprint density at radius 2 is 1.77 bits per heavy atom. The molecule has 1 N–H and O–H groups in total. The summed E-state index contributed by atoms with van der Waals surface area (Å²) >= 11 is 0. The molecule has 0 aliphatic carbocycles. The van der Waals surface area contributed by atoms with Crippen molar-refractivity contribution in [3.8, 4) is 28.6 Å². The number of methoxy groups -OCH3 is 2. The van der Waals surface area contributed by atoms with Gasteiger partial charge in [-0.25, -0.2) is 9.78 Å². The monoisotopic (exact) mass is 549 g/mol. The third-order valence-corrected chi connectivity index (χ3v) is 6.00. The number of carbonyl (C=O) groups excluding carboxylic acids is 1. The first-order valence-corrected chi connectivity index (χ1v) is 12.1. The molecule has 12 heteroatoms. The number of hydrogen-bond donors (Lipinski definition) is 1. The average Bonchev–Trinajstić information content (AvgIpc) is 2.94. The Morgan fingerprint density at radius 1 is 1.02 bits per heavy atom. The molecule has 0 fully saturated rings. The number of rotatable bonds is 11. The molecule has 0 radical (unpaired) electrons. The van der Waals surface area contributed by atoms with Crippen LogP contribution < -0.4 is 19.8 Å². The SMILES string of the molecule is COc1cc(OC)c2c(=O)[nH]c(-c3cc(C)c(OCCOC(=O)c4cccc(CO[N+](=O)[O-])c4)c(C)c3)nc2c1. The quantitative estimate of drug-likeness (QED) is 0.125. The van der Waals surface area contributed by atoms with Gasteiger partial charge in [0.25, 0.3) is 10.6 Å². The molecule has 0 unspecified atom stereocenters. The fraction of sp³-hybridized carbons (Fsp3) is 0.250. The zero-order valence-corrected chi connectivity index (χ0v) is 22.3. The van der Waals surface area contributed by atoms with Crippen LogP contribution in [0.2, 0.25) is 0 Å². The molecular formula is C28H27N3O9. The van der Waals surface area contributed by atoms with Gasteiger partial charge in [0, 0.05) is 17.7 Å². The highest BCUT2D eigenvalue weighted by Crippen LogP contribution is 2.31. The highest BCUT2D eigenvalue weighted by Gasteiger charge is 2.15. The minimum absolute atomic E-state index is 0.0156. The number of aromatic nitrogens is 2. The number of H-pyrrole nitrogens is 1. The van der Waals surface area contributed by atoms with Crippen LogP contribution >= 0.6 is 0 Å². The summed E-state index contributed by atoms with van der Waals surface area (Å²) in [6, 6.07) is 13.2. The van der Waals surface area contributed by atoms with Gasteiger partial charge in [-0.1, -0.05) is 12.1 Å². The molecule has 1 heterocycles. The van der Waals surface area contributed by atoms with Crippen molar-refractivity contribution in [2.24, 2.45) is 0 Å². The van der Waals surface area contributed by atoms with E-state index >= 15 is 0 Å². The zero-order chi connectivity index (χ0) is 28.8. The number of carbonyl (C=O) groups is 1. The van der Waals surface area contributed by atoms with E-state index < -0.39 is 11.1 Å². The minimum atomic E-state index is -0.897. The van der Waals surface area contributed by atoms with Crippen molar-refractivity contribution in [3.63, 3.8) is 0 Å². The molecule has 4 aromatic rings. The summed E-state index contributed by atoms with van der Waals surface area (Å²) in [7, 11) is 3.00. The molecule has 208 valence electrons. The van der Waals surface area contributed by atoms with E-state index in [1.54, 1.807) is 30.3 Å². The normalized spacial score (nSPS) is 10.7. The van der Waals surface area contributed by atoms with Crippen LogP contribution in [-0.2, 0) is 16.2 Å². The maximum atomic E-state index is 12.9. The van der Waals surface area contributed by atoms with Crippen LogP contribution in [0.1, 0.15) is 27.0 Å². The summed E-state index contributed by atoms with van der Waals surface area (Å²) in [6.45, 7) is 3.54. The molecule has 1 aromatic heterocycles. The summed E-state index contributed by atoms with van der Waals surface area (Å²) in [5, 5.41) is 9.81. The Hall–Kier alpha value is -5.13.